The lowest BCUT2D eigenvalue weighted by Crippen LogP contribution is -2.46. The molecular weight excluding hydrogens is 497 g/mol. The number of hydrogen-bond donors (Lipinski definition) is 3. The van der Waals surface area contributed by atoms with Gasteiger partial charge in [-0.2, -0.15) is 13.2 Å². The second kappa shape index (κ2) is 12.2. The van der Waals surface area contributed by atoms with Gasteiger partial charge in [0.1, 0.15) is 5.82 Å². The Kier molecular flexibility index (Phi) is 8.77. The van der Waals surface area contributed by atoms with Crippen molar-refractivity contribution in [1.29, 1.82) is 0 Å². The number of para-hydroxylation sites is 2. The van der Waals surface area contributed by atoms with E-state index in [0.717, 1.165) is 61.7 Å². The summed E-state index contributed by atoms with van der Waals surface area (Å²) < 4.78 is 31.7. The number of alkyl halides is 3. The number of nitrogens with one attached hydrogen (secondary N) is 1. The van der Waals surface area contributed by atoms with Crippen LogP contribution in [0.3, 0.4) is 0 Å². The van der Waals surface area contributed by atoms with E-state index in [1.165, 1.54) is 16.7 Å². The van der Waals surface area contributed by atoms with Gasteiger partial charge in [-0.15, -0.1) is 0 Å². The van der Waals surface area contributed by atoms with Gasteiger partial charge in [0, 0.05) is 44.8 Å². The maximum absolute atomic E-state index is 10.6. The van der Waals surface area contributed by atoms with Crippen molar-refractivity contribution < 1.29 is 28.2 Å². The van der Waals surface area contributed by atoms with Crippen molar-refractivity contribution in [3.63, 3.8) is 0 Å². The quantitative estimate of drug-likeness (QED) is 0.339. The molecule has 0 saturated carbocycles. The molecule has 10 heteroatoms. The van der Waals surface area contributed by atoms with E-state index in [2.05, 4.69) is 69.4 Å². The number of aliphatic carboxylic acids is 1. The highest BCUT2D eigenvalue weighted by molar-refractivity contribution is 5.80. The average Bonchev–Trinajstić information content (AvgIpc) is 3.35. The number of aliphatic hydroxyl groups excluding tert-OH is 1. The van der Waals surface area contributed by atoms with Crippen molar-refractivity contribution in [3.8, 4) is 22.5 Å². The molecule has 38 heavy (non-hydrogen) atoms. The second-order valence-corrected chi connectivity index (χ2v) is 9.02. The Bertz CT molecular complexity index is 1310. The number of imidazole rings is 1. The van der Waals surface area contributed by atoms with Gasteiger partial charge in [-0.1, -0.05) is 54.6 Å². The number of β-amino-alcohol motifs (C(OH)–C–C–N with tert-alkyl or cyclic N) is 1. The number of fused-ring (bicyclic) bond motifs is 1. The predicted octanol–water partition coefficient (Wildman–Crippen LogP) is 4.64. The van der Waals surface area contributed by atoms with Crippen molar-refractivity contribution >= 4 is 17.0 Å². The molecule has 1 saturated heterocycles. The number of nitrogens with zero attached hydrogens (tertiary/aromatic N) is 3. The van der Waals surface area contributed by atoms with Gasteiger partial charge in [-0.05, 0) is 34.9 Å². The Morgan fingerprint density at radius 2 is 1.50 bits per heavy atom. The topological polar surface area (TPSA) is 92.7 Å². The first-order valence-corrected chi connectivity index (χ1v) is 12.2. The van der Waals surface area contributed by atoms with Gasteiger partial charge in [0.2, 0.25) is 0 Å². The molecule has 1 aliphatic heterocycles. The fourth-order valence-corrected chi connectivity index (χ4v) is 4.31. The number of piperazine rings is 1. The molecule has 200 valence electrons. The highest BCUT2D eigenvalue weighted by Gasteiger charge is 2.38. The molecule has 3 aromatic carbocycles. The van der Waals surface area contributed by atoms with Crippen LogP contribution in [-0.2, 0) is 11.3 Å². The number of aromatic nitrogens is 2. The van der Waals surface area contributed by atoms with Crippen LogP contribution in [0.2, 0.25) is 0 Å². The number of carboxylic acids is 1. The number of H-pyrrole nitrogens is 1. The first kappa shape index (κ1) is 27.3. The number of hydrogen-bond acceptors (Lipinski definition) is 5. The number of carboxylic acid groups (broad SMARTS) is 1. The molecular formula is C28H29F3N4O3. The Morgan fingerprint density at radius 1 is 0.868 bits per heavy atom. The number of halogens is 3. The number of aromatic amines is 1. The lowest BCUT2D eigenvalue weighted by atomic mass is 10.0. The Hall–Kier alpha value is -3.73. The summed E-state index contributed by atoms with van der Waals surface area (Å²) in [5.74, 6) is -1.85. The summed E-state index contributed by atoms with van der Waals surface area (Å²) in [7, 11) is 0. The number of rotatable bonds is 6. The molecule has 0 unspecified atom stereocenters. The average molecular weight is 527 g/mol. The highest BCUT2D eigenvalue weighted by atomic mass is 19.4. The van der Waals surface area contributed by atoms with Gasteiger partial charge in [-0.25, -0.2) is 9.78 Å². The van der Waals surface area contributed by atoms with Crippen molar-refractivity contribution in [1.82, 2.24) is 19.8 Å². The summed E-state index contributed by atoms with van der Waals surface area (Å²) >= 11 is 0. The van der Waals surface area contributed by atoms with Gasteiger partial charge in [0.05, 0.1) is 17.6 Å². The van der Waals surface area contributed by atoms with Gasteiger partial charge in [0.15, 0.2) is 0 Å². The van der Waals surface area contributed by atoms with E-state index < -0.39 is 12.1 Å². The molecule has 1 fully saturated rings. The summed E-state index contributed by atoms with van der Waals surface area (Å²) in [6.45, 7) is 6.20. The molecule has 5 rings (SSSR count). The second-order valence-electron chi connectivity index (χ2n) is 9.02. The van der Waals surface area contributed by atoms with Crippen LogP contribution in [0, 0.1) is 0 Å². The summed E-state index contributed by atoms with van der Waals surface area (Å²) in [6, 6.07) is 25.6. The van der Waals surface area contributed by atoms with Crippen LogP contribution in [-0.4, -0.2) is 81.5 Å². The maximum Gasteiger partial charge on any atom is 0.490 e. The van der Waals surface area contributed by atoms with Crippen LogP contribution in [0.4, 0.5) is 13.2 Å². The third-order valence-corrected chi connectivity index (χ3v) is 6.34. The molecule has 7 nitrogen and oxygen atoms in total. The number of aliphatic hydroxyl groups is 1. The van der Waals surface area contributed by atoms with Gasteiger partial charge in [-0.3, -0.25) is 9.80 Å². The van der Waals surface area contributed by atoms with Crippen LogP contribution in [0.5, 0.6) is 0 Å². The summed E-state index contributed by atoms with van der Waals surface area (Å²) in [5, 5.41) is 16.2. The molecule has 0 spiro atoms. The van der Waals surface area contributed by atoms with Crippen molar-refractivity contribution in [3.05, 3.63) is 78.4 Å². The SMILES string of the molecule is O=C(O)C(F)(F)F.OCCN1CCN(Cc2ccc(-c3cccc(-c4nc5ccccc5[nH]4)c3)cc2)CC1. The van der Waals surface area contributed by atoms with Gasteiger partial charge >= 0.3 is 12.1 Å². The molecule has 3 N–H and O–H groups in total. The zero-order valence-corrected chi connectivity index (χ0v) is 20.7. The summed E-state index contributed by atoms with van der Waals surface area (Å²) in [5.41, 5.74) is 6.90. The van der Waals surface area contributed by atoms with E-state index in [9.17, 15) is 13.2 Å². The van der Waals surface area contributed by atoms with Crippen molar-refractivity contribution in [2.75, 3.05) is 39.3 Å². The molecule has 1 aliphatic rings. The zero-order chi connectivity index (χ0) is 27.1. The fraction of sp³-hybridized carbons (Fsp3) is 0.286. The van der Waals surface area contributed by atoms with Crippen LogP contribution in [0.15, 0.2) is 72.8 Å². The third-order valence-electron chi connectivity index (χ3n) is 6.34. The van der Waals surface area contributed by atoms with E-state index >= 15 is 0 Å². The monoisotopic (exact) mass is 526 g/mol. The molecule has 0 amide bonds. The van der Waals surface area contributed by atoms with Crippen LogP contribution in [0.1, 0.15) is 5.56 Å². The van der Waals surface area contributed by atoms with Gasteiger partial charge in [0.25, 0.3) is 0 Å². The van der Waals surface area contributed by atoms with E-state index in [4.69, 9.17) is 20.0 Å². The molecule has 4 aromatic rings. The normalized spacial score (nSPS) is 14.7. The lowest BCUT2D eigenvalue weighted by molar-refractivity contribution is -0.192. The van der Waals surface area contributed by atoms with Crippen molar-refractivity contribution in [2.45, 2.75) is 12.7 Å². The first-order chi connectivity index (χ1) is 18.2. The minimum atomic E-state index is -5.08. The van der Waals surface area contributed by atoms with E-state index in [1.807, 2.05) is 18.2 Å². The molecule has 0 atom stereocenters. The maximum atomic E-state index is 10.6. The molecule has 0 radical (unpaired) electrons. The van der Waals surface area contributed by atoms with Crippen LogP contribution < -0.4 is 0 Å². The Morgan fingerprint density at radius 3 is 2.13 bits per heavy atom. The molecule has 0 aliphatic carbocycles. The minimum Gasteiger partial charge on any atom is -0.475 e. The number of carbonyl (C=O) groups is 1. The van der Waals surface area contributed by atoms with Crippen LogP contribution >= 0.6 is 0 Å². The fourth-order valence-electron chi connectivity index (χ4n) is 4.31. The first-order valence-electron chi connectivity index (χ1n) is 12.2. The van der Waals surface area contributed by atoms with E-state index in [1.54, 1.807) is 0 Å². The predicted molar refractivity (Wildman–Crippen MR) is 139 cm³/mol. The molecule has 2 heterocycles. The molecule has 0 bridgehead atoms. The van der Waals surface area contributed by atoms with Gasteiger partial charge < -0.3 is 15.2 Å². The lowest BCUT2D eigenvalue weighted by Gasteiger charge is -2.34. The summed E-state index contributed by atoms with van der Waals surface area (Å²) in [6.07, 6.45) is -5.08. The Labute approximate surface area is 218 Å². The van der Waals surface area contributed by atoms with Crippen LogP contribution in [0.25, 0.3) is 33.5 Å². The third kappa shape index (κ3) is 7.18. The standard InChI is InChI=1S/C26H28N4O.C2HF3O2/c31-17-16-29-12-14-30(15-13-29)19-20-8-10-21(11-9-20)22-4-3-5-23(18-22)26-27-24-6-1-2-7-25(24)28-26;3-2(4,5)1(6)7/h1-11,18,31H,12-17,19H2,(H,27,28);(H,6,7). The smallest absolute Gasteiger partial charge is 0.475 e. The zero-order valence-electron chi connectivity index (χ0n) is 20.7. The number of benzene rings is 3. The Balaban J connectivity index is 0.000000426. The molecule has 1 aromatic heterocycles. The minimum absolute atomic E-state index is 0.249. The highest BCUT2D eigenvalue weighted by Crippen LogP contribution is 2.27. The van der Waals surface area contributed by atoms with Crippen molar-refractivity contribution in [2.24, 2.45) is 0 Å². The van der Waals surface area contributed by atoms with E-state index in [-0.39, 0.29) is 6.61 Å². The summed E-state index contributed by atoms with van der Waals surface area (Å²) in [4.78, 5) is 21.9. The van der Waals surface area contributed by atoms with E-state index in [0.29, 0.717) is 0 Å². The largest absolute Gasteiger partial charge is 0.490 e.